The summed E-state index contributed by atoms with van der Waals surface area (Å²) in [6.07, 6.45) is 0.0356. The van der Waals surface area contributed by atoms with Crippen LogP contribution in [0.25, 0.3) is 0 Å². The highest BCUT2D eigenvalue weighted by Crippen LogP contribution is 2.25. The van der Waals surface area contributed by atoms with Gasteiger partial charge in [-0.05, 0) is 32.6 Å². The molecule has 6 heteroatoms. The van der Waals surface area contributed by atoms with Gasteiger partial charge in [0.2, 0.25) is 0 Å². The van der Waals surface area contributed by atoms with Gasteiger partial charge in [-0.2, -0.15) is 0 Å². The Balaban J connectivity index is 4.50. The first-order valence-corrected chi connectivity index (χ1v) is 7.17. The zero-order valence-electron chi connectivity index (χ0n) is 13.2. The van der Waals surface area contributed by atoms with Crippen LogP contribution >= 0.6 is 11.6 Å². The number of esters is 1. The molecule has 1 amide bonds. The number of halogens is 1. The summed E-state index contributed by atoms with van der Waals surface area (Å²) in [6, 6.07) is -0.189. The molecule has 0 saturated heterocycles. The molecule has 0 rings (SSSR count). The third kappa shape index (κ3) is 9.89. The normalized spacial score (nSPS) is 13.6. The van der Waals surface area contributed by atoms with Crippen molar-refractivity contribution in [2.24, 2.45) is 11.3 Å². The Bertz CT molecular complexity index is 331. The Morgan fingerprint density at radius 2 is 1.70 bits per heavy atom. The van der Waals surface area contributed by atoms with E-state index in [1.54, 1.807) is 20.8 Å². The molecular formula is C14H26ClNO4. The molecule has 0 aliphatic heterocycles. The quantitative estimate of drug-likeness (QED) is 0.625. The molecule has 0 aromatic heterocycles. The lowest BCUT2D eigenvalue weighted by atomic mass is 9.84. The van der Waals surface area contributed by atoms with Crippen molar-refractivity contribution in [2.75, 3.05) is 12.6 Å². The third-order valence-corrected chi connectivity index (χ3v) is 2.39. The topological polar surface area (TPSA) is 64.6 Å². The minimum absolute atomic E-state index is 0.0639. The second-order valence-corrected chi connectivity index (χ2v) is 7.14. The van der Waals surface area contributed by atoms with E-state index >= 15 is 0 Å². The van der Waals surface area contributed by atoms with Crippen LogP contribution in [0.1, 0.15) is 48.0 Å². The second-order valence-electron chi connectivity index (χ2n) is 6.92. The largest absolute Gasteiger partial charge is 0.449 e. The van der Waals surface area contributed by atoms with Crippen molar-refractivity contribution in [1.82, 2.24) is 5.32 Å². The van der Waals surface area contributed by atoms with Crippen molar-refractivity contribution in [1.29, 1.82) is 0 Å². The number of rotatable bonds is 5. The summed E-state index contributed by atoms with van der Waals surface area (Å²) in [7, 11) is 0. The lowest BCUT2D eigenvalue weighted by Gasteiger charge is -2.25. The van der Waals surface area contributed by atoms with E-state index in [-0.39, 0.29) is 18.0 Å². The first-order chi connectivity index (χ1) is 8.94. The van der Waals surface area contributed by atoms with E-state index in [2.05, 4.69) is 5.32 Å². The molecule has 0 saturated carbocycles. The van der Waals surface area contributed by atoms with Gasteiger partial charge in [-0.3, -0.25) is 4.79 Å². The van der Waals surface area contributed by atoms with Gasteiger partial charge >= 0.3 is 12.1 Å². The van der Waals surface area contributed by atoms with Gasteiger partial charge in [0.05, 0.1) is 5.92 Å². The lowest BCUT2D eigenvalue weighted by Crippen LogP contribution is -2.38. The Morgan fingerprint density at radius 3 is 2.10 bits per heavy atom. The predicted octanol–water partition coefficient (Wildman–Crippen LogP) is 3.30. The van der Waals surface area contributed by atoms with Gasteiger partial charge < -0.3 is 14.8 Å². The number of hydrogen-bond acceptors (Lipinski definition) is 4. The van der Waals surface area contributed by atoms with Crippen molar-refractivity contribution >= 4 is 23.7 Å². The maximum absolute atomic E-state index is 11.8. The number of carbonyl (C=O) groups excluding carboxylic acids is 2. The average Bonchev–Trinajstić information content (AvgIpc) is 2.20. The molecular weight excluding hydrogens is 282 g/mol. The molecule has 0 aromatic rings. The summed E-state index contributed by atoms with van der Waals surface area (Å²) in [5, 5.41) is 2.60. The zero-order valence-corrected chi connectivity index (χ0v) is 14.0. The maximum Gasteiger partial charge on any atom is 0.407 e. The van der Waals surface area contributed by atoms with Gasteiger partial charge in [0.25, 0.3) is 0 Å². The number of alkyl carbamates (subject to hydrolysis) is 1. The van der Waals surface area contributed by atoms with Crippen LogP contribution in [0.2, 0.25) is 0 Å². The second kappa shape index (κ2) is 7.72. The van der Waals surface area contributed by atoms with Crippen LogP contribution in [0.4, 0.5) is 4.79 Å². The molecule has 0 aliphatic rings. The lowest BCUT2D eigenvalue weighted by molar-refractivity contribution is -0.147. The summed E-state index contributed by atoms with van der Waals surface area (Å²) in [4.78, 5) is 23.4. The first-order valence-electron chi connectivity index (χ1n) is 6.64. The van der Waals surface area contributed by atoms with E-state index in [1.807, 2.05) is 20.8 Å². The fourth-order valence-corrected chi connectivity index (χ4v) is 1.78. The number of ether oxygens (including phenoxy) is 2. The van der Waals surface area contributed by atoms with Crippen LogP contribution in [0, 0.1) is 11.3 Å². The molecule has 0 bridgehead atoms. The maximum atomic E-state index is 11.8. The molecule has 1 unspecified atom stereocenters. The van der Waals surface area contributed by atoms with Gasteiger partial charge in [0, 0.05) is 6.54 Å². The summed E-state index contributed by atoms with van der Waals surface area (Å²) in [5.74, 6) is -0.854. The van der Waals surface area contributed by atoms with Gasteiger partial charge in [-0.25, -0.2) is 4.79 Å². The van der Waals surface area contributed by atoms with E-state index in [4.69, 9.17) is 21.1 Å². The molecule has 0 aliphatic carbocycles. The SMILES string of the molecule is CC(C)(C)CC(CNC(=O)OC(C)(C)C)C(=O)OCCl. The Morgan fingerprint density at radius 1 is 1.15 bits per heavy atom. The van der Waals surface area contributed by atoms with Gasteiger partial charge in [0.15, 0.2) is 6.07 Å². The molecule has 0 aromatic carbocycles. The standard InChI is InChI=1S/C14H26ClNO4/c1-13(2,3)7-10(11(17)19-9-15)8-16-12(18)20-14(4,5)6/h10H,7-9H2,1-6H3,(H,16,18). The van der Waals surface area contributed by atoms with Crippen LogP contribution in [-0.2, 0) is 14.3 Å². The van der Waals surface area contributed by atoms with E-state index in [1.165, 1.54) is 0 Å². The zero-order chi connectivity index (χ0) is 16.0. The minimum Gasteiger partial charge on any atom is -0.449 e. The molecule has 20 heavy (non-hydrogen) atoms. The van der Waals surface area contributed by atoms with Crippen molar-refractivity contribution in [3.05, 3.63) is 0 Å². The van der Waals surface area contributed by atoms with Crippen LogP contribution in [0.5, 0.6) is 0 Å². The molecule has 0 radical (unpaired) electrons. The molecule has 118 valence electrons. The molecule has 1 N–H and O–H groups in total. The fraction of sp³-hybridized carbons (Fsp3) is 0.857. The molecule has 0 fully saturated rings. The van der Waals surface area contributed by atoms with Crippen LogP contribution in [0.15, 0.2) is 0 Å². The smallest absolute Gasteiger partial charge is 0.407 e. The summed E-state index contributed by atoms with van der Waals surface area (Å²) < 4.78 is 9.95. The van der Waals surface area contributed by atoms with Crippen molar-refractivity contribution < 1.29 is 19.1 Å². The summed E-state index contributed by atoms with van der Waals surface area (Å²) in [6.45, 7) is 11.6. The number of hydrogen-bond donors (Lipinski definition) is 1. The minimum atomic E-state index is -0.569. The highest BCUT2D eigenvalue weighted by molar-refractivity contribution is 6.17. The van der Waals surface area contributed by atoms with Crippen LogP contribution < -0.4 is 5.32 Å². The molecule has 0 heterocycles. The van der Waals surface area contributed by atoms with E-state index < -0.39 is 23.6 Å². The van der Waals surface area contributed by atoms with E-state index in [0.29, 0.717) is 6.42 Å². The van der Waals surface area contributed by atoms with Crippen molar-refractivity contribution in [3.63, 3.8) is 0 Å². The first kappa shape index (κ1) is 19.0. The van der Waals surface area contributed by atoms with Gasteiger partial charge in [-0.1, -0.05) is 32.4 Å². The van der Waals surface area contributed by atoms with Crippen molar-refractivity contribution in [3.8, 4) is 0 Å². The van der Waals surface area contributed by atoms with Gasteiger partial charge in [-0.15, -0.1) is 0 Å². The van der Waals surface area contributed by atoms with Gasteiger partial charge in [0.1, 0.15) is 5.60 Å². The summed E-state index contributed by atoms with van der Waals surface area (Å²) >= 11 is 5.41. The Hall–Kier alpha value is -0.970. The number of amides is 1. The predicted molar refractivity (Wildman–Crippen MR) is 78.6 cm³/mol. The molecule has 0 spiro atoms. The molecule has 1 atom stereocenters. The fourth-order valence-electron chi connectivity index (χ4n) is 1.67. The van der Waals surface area contributed by atoms with E-state index in [9.17, 15) is 9.59 Å². The highest BCUT2D eigenvalue weighted by Gasteiger charge is 2.27. The number of nitrogens with one attached hydrogen (secondary N) is 1. The summed E-state index contributed by atoms with van der Waals surface area (Å²) in [5.41, 5.74) is -0.633. The average molecular weight is 308 g/mol. The Labute approximate surface area is 126 Å². The van der Waals surface area contributed by atoms with E-state index in [0.717, 1.165) is 0 Å². The monoisotopic (exact) mass is 307 g/mol. The highest BCUT2D eigenvalue weighted by atomic mass is 35.5. The Kier molecular flexibility index (Phi) is 7.34. The van der Waals surface area contributed by atoms with Crippen molar-refractivity contribution in [2.45, 2.75) is 53.6 Å². The number of carbonyl (C=O) groups is 2. The molecule has 5 nitrogen and oxygen atoms in total. The van der Waals surface area contributed by atoms with Crippen LogP contribution in [-0.4, -0.2) is 30.3 Å². The van der Waals surface area contributed by atoms with Crippen LogP contribution in [0.3, 0.4) is 0 Å². The number of alkyl halides is 1. The third-order valence-electron chi connectivity index (χ3n) is 2.28.